The molecular weight excluding hydrogens is 371 g/mol. The topological polar surface area (TPSA) is 61.6 Å². The van der Waals surface area contributed by atoms with E-state index >= 15 is 0 Å². The largest absolute Gasteiger partial charge is 0.368 e. The van der Waals surface area contributed by atoms with Crippen LogP contribution in [0.4, 0.5) is 10.5 Å². The Hall–Kier alpha value is -1.17. The van der Waals surface area contributed by atoms with Crippen LogP contribution in [0.1, 0.15) is 45.6 Å². The van der Waals surface area contributed by atoms with Crippen LogP contribution >= 0.6 is 23.2 Å². The molecule has 2 amide bonds. The van der Waals surface area contributed by atoms with Crippen molar-refractivity contribution >= 4 is 34.9 Å². The van der Waals surface area contributed by atoms with Gasteiger partial charge in [-0.25, -0.2) is 4.79 Å². The van der Waals surface area contributed by atoms with Crippen LogP contribution in [0.15, 0.2) is 18.2 Å². The minimum atomic E-state index is -3.52. The Labute approximate surface area is 179 Å². The van der Waals surface area contributed by atoms with E-state index in [9.17, 15) is 4.79 Å². The zero-order chi connectivity index (χ0) is 27.5. The van der Waals surface area contributed by atoms with Crippen molar-refractivity contribution in [1.82, 2.24) is 10.2 Å². The van der Waals surface area contributed by atoms with Gasteiger partial charge in [-0.1, -0.05) is 29.3 Å². The standard InChI is InChI=1S/C19H28Cl2N4O/c20-16-2-1-3-17(18(16)21)25-12-10-24(11-13-25)9-8-14-4-6-15(7-5-14)23-19(22)26/h1-3,14-15H,4-13H2,(H3,22,23,26)/i4D2,5D2,6D2,7D2,14D,15D. The number of urea groups is 1. The molecule has 144 valence electrons. The molecule has 1 saturated heterocycles. The Kier molecular flexibility index (Phi) is 3.66. The summed E-state index contributed by atoms with van der Waals surface area (Å²) in [5, 5.41) is 2.40. The van der Waals surface area contributed by atoms with Crippen LogP contribution in [0.3, 0.4) is 0 Å². The number of rotatable bonds is 5. The number of nitrogens with zero attached hydrogens (tertiary/aromatic N) is 2. The quantitative estimate of drug-likeness (QED) is 0.779. The van der Waals surface area contributed by atoms with Gasteiger partial charge in [0.05, 0.1) is 17.1 Å². The smallest absolute Gasteiger partial charge is 0.312 e. The first-order valence-electron chi connectivity index (χ1n) is 13.3. The lowest BCUT2D eigenvalue weighted by atomic mass is 9.84. The summed E-state index contributed by atoms with van der Waals surface area (Å²) in [6.07, 6.45) is -14.4. The number of nitrogens with two attached hydrogens (primary N) is 1. The van der Waals surface area contributed by atoms with Crippen molar-refractivity contribution in [3.8, 4) is 0 Å². The fraction of sp³-hybridized carbons (Fsp3) is 0.632. The number of primary amides is 1. The van der Waals surface area contributed by atoms with Crippen LogP contribution in [0.5, 0.6) is 0 Å². The molecule has 1 aliphatic heterocycles. The van der Waals surface area contributed by atoms with Gasteiger partial charge in [0, 0.05) is 44.5 Å². The fourth-order valence-electron chi connectivity index (χ4n) is 2.87. The summed E-state index contributed by atoms with van der Waals surface area (Å²) in [7, 11) is 0. The lowest BCUT2D eigenvalue weighted by Crippen LogP contribution is -2.47. The van der Waals surface area contributed by atoms with Crippen LogP contribution in [-0.4, -0.2) is 49.7 Å². The molecule has 5 nitrogen and oxygen atoms in total. The molecule has 0 unspecified atom stereocenters. The van der Waals surface area contributed by atoms with E-state index in [4.69, 9.17) is 42.6 Å². The van der Waals surface area contributed by atoms with E-state index in [2.05, 4.69) is 0 Å². The molecule has 7 heteroatoms. The minimum Gasteiger partial charge on any atom is -0.368 e. The van der Waals surface area contributed by atoms with Gasteiger partial charge >= 0.3 is 6.03 Å². The first-order valence-corrected chi connectivity index (χ1v) is 9.03. The van der Waals surface area contributed by atoms with Crippen LogP contribution in [-0.2, 0) is 0 Å². The highest BCUT2D eigenvalue weighted by Crippen LogP contribution is 2.33. The van der Waals surface area contributed by atoms with Gasteiger partial charge in [-0.2, -0.15) is 0 Å². The number of carbonyl (C=O) groups is 1. The lowest BCUT2D eigenvalue weighted by molar-refractivity contribution is 0.207. The second-order valence-electron chi connectivity index (χ2n) is 5.99. The zero-order valence-electron chi connectivity index (χ0n) is 24.1. The van der Waals surface area contributed by atoms with E-state index in [0.29, 0.717) is 36.2 Å². The molecule has 0 aromatic heterocycles. The highest BCUT2D eigenvalue weighted by molar-refractivity contribution is 6.43. The van der Waals surface area contributed by atoms with Gasteiger partial charge in [0.15, 0.2) is 0 Å². The van der Waals surface area contributed by atoms with Gasteiger partial charge in [-0.05, 0) is 56.5 Å². The number of nitrogens with one attached hydrogen (secondary N) is 1. The van der Waals surface area contributed by atoms with Gasteiger partial charge in [0.25, 0.3) is 0 Å². The Morgan fingerprint density at radius 2 is 1.92 bits per heavy atom. The molecule has 0 bridgehead atoms. The van der Waals surface area contributed by atoms with E-state index in [0.717, 1.165) is 5.69 Å². The highest BCUT2D eigenvalue weighted by Gasteiger charge is 2.24. The van der Waals surface area contributed by atoms with Gasteiger partial charge in [-0.15, -0.1) is 0 Å². The molecule has 1 aromatic rings. The van der Waals surface area contributed by atoms with Crippen molar-refractivity contribution < 1.29 is 18.5 Å². The summed E-state index contributed by atoms with van der Waals surface area (Å²) in [6.45, 7) is 1.86. The Morgan fingerprint density at radius 1 is 1.23 bits per heavy atom. The summed E-state index contributed by atoms with van der Waals surface area (Å²) < 4.78 is 84.2. The second kappa shape index (κ2) is 9.16. The third-order valence-electron chi connectivity index (χ3n) is 4.25. The molecule has 1 heterocycles. The SMILES string of the molecule is [2H]C1([2H])C([2H])([2H])C([2H])(NC(N)=O)C([2H])([2H])C([2H])([2H])C1([2H])CCN1CCN(c2cccc(Cl)c2Cl)CC1. The molecule has 0 atom stereocenters. The molecule has 3 rings (SSSR count). The summed E-state index contributed by atoms with van der Waals surface area (Å²) in [5.41, 5.74) is 5.75. The minimum absolute atomic E-state index is 0.0277. The molecule has 1 saturated carbocycles. The van der Waals surface area contributed by atoms with Crippen molar-refractivity contribution in [3.05, 3.63) is 28.2 Å². The van der Waals surface area contributed by atoms with Gasteiger partial charge in [0.2, 0.25) is 0 Å². The van der Waals surface area contributed by atoms with Gasteiger partial charge in [0.1, 0.15) is 0 Å². The summed E-state index contributed by atoms with van der Waals surface area (Å²) in [6, 6.07) is 0.315. The Balaban J connectivity index is 1.83. The maximum atomic E-state index is 11.5. The van der Waals surface area contributed by atoms with Crippen molar-refractivity contribution in [2.75, 3.05) is 37.6 Å². The number of benzene rings is 1. The average molecular weight is 409 g/mol. The van der Waals surface area contributed by atoms with Crippen LogP contribution in [0.25, 0.3) is 0 Å². The maximum Gasteiger partial charge on any atom is 0.312 e. The highest BCUT2D eigenvalue weighted by atomic mass is 35.5. The van der Waals surface area contributed by atoms with Crippen molar-refractivity contribution in [2.45, 2.75) is 37.9 Å². The van der Waals surface area contributed by atoms with Crippen molar-refractivity contribution in [3.63, 3.8) is 0 Å². The van der Waals surface area contributed by atoms with Crippen LogP contribution in [0, 0.1) is 5.89 Å². The fourth-order valence-corrected chi connectivity index (χ4v) is 3.28. The third kappa shape index (κ3) is 5.18. The molecule has 1 aliphatic carbocycles. The lowest BCUT2D eigenvalue weighted by Gasteiger charge is -2.37. The average Bonchev–Trinajstić information content (AvgIpc) is 2.77. The predicted octanol–water partition coefficient (Wildman–Crippen LogP) is 3.73. The van der Waals surface area contributed by atoms with E-state index in [1.54, 1.807) is 17.4 Å². The molecule has 2 aliphatic rings. The van der Waals surface area contributed by atoms with E-state index in [-0.39, 0.29) is 6.54 Å². The molecular formula is C19H28Cl2N4O. The molecule has 0 spiro atoms. The van der Waals surface area contributed by atoms with Crippen LogP contribution < -0.4 is 16.0 Å². The monoisotopic (exact) mass is 408 g/mol. The van der Waals surface area contributed by atoms with E-state index in [1.807, 2.05) is 15.9 Å². The molecule has 1 aromatic carbocycles. The summed E-state index contributed by atoms with van der Waals surface area (Å²) in [4.78, 5) is 15.3. The Bertz CT molecular complexity index is 992. The van der Waals surface area contributed by atoms with Gasteiger partial charge < -0.3 is 16.0 Å². The number of piperazine rings is 1. The molecule has 2 fully saturated rings. The molecule has 3 N–H and O–H groups in total. The first kappa shape index (κ1) is 10.4. The maximum absolute atomic E-state index is 11.5. The number of anilines is 1. The number of carbonyl (C=O) groups excluding carboxylic acids is 1. The van der Waals surface area contributed by atoms with E-state index < -0.39 is 49.9 Å². The number of hydrogen-bond acceptors (Lipinski definition) is 3. The summed E-state index contributed by atoms with van der Waals surface area (Å²) >= 11 is 12.4. The zero-order valence-corrected chi connectivity index (χ0v) is 15.6. The number of hydrogen-bond donors (Lipinski definition) is 2. The number of halogens is 2. The predicted molar refractivity (Wildman–Crippen MR) is 108 cm³/mol. The summed E-state index contributed by atoms with van der Waals surface area (Å²) in [5.74, 6) is -2.95. The molecule has 26 heavy (non-hydrogen) atoms. The second-order valence-corrected chi connectivity index (χ2v) is 6.78. The van der Waals surface area contributed by atoms with Crippen molar-refractivity contribution in [2.24, 2.45) is 11.6 Å². The van der Waals surface area contributed by atoms with Gasteiger partial charge in [-0.3, -0.25) is 4.90 Å². The van der Waals surface area contributed by atoms with E-state index in [1.165, 1.54) is 0 Å². The van der Waals surface area contributed by atoms with Crippen LogP contribution in [0.2, 0.25) is 10.0 Å². The third-order valence-corrected chi connectivity index (χ3v) is 5.06. The molecule has 0 radical (unpaired) electrons. The first-order chi connectivity index (χ1) is 16.3. The normalized spacial score (nSPS) is 43.5. The Morgan fingerprint density at radius 3 is 2.58 bits per heavy atom. The van der Waals surface area contributed by atoms with Crippen molar-refractivity contribution in [1.29, 1.82) is 0 Å². The number of amides is 2.